The number of carbonyl (C=O) groups excluding carboxylic acids is 1. The summed E-state index contributed by atoms with van der Waals surface area (Å²) in [5.74, 6) is 0.157. The van der Waals surface area contributed by atoms with Crippen LogP contribution in [-0.4, -0.2) is 42.0 Å². The number of nitrogens with one attached hydrogen (secondary N) is 1. The molecule has 3 heterocycles. The van der Waals surface area contributed by atoms with E-state index in [0.717, 1.165) is 43.9 Å². The summed E-state index contributed by atoms with van der Waals surface area (Å²) in [7, 11) is 0. The van der Waals surface area contributed by atoms with E-state index in [1.165, 1.54) is 6.42 Å². The van der Waals surface area contributed by atoms with Crippen LogP contribution in [0.5, 0.6) is 0 Å². The standard InChI is InChI=1S/C14H19N3O/c1-11-8-12(2-5-16-11)13(18)17-7-4-14(10-17)3-6-15-9-14/h2,5,8,15H,3-4,6-7,9-10H2,1H3. The number of amides is 1. The van der Waals surface area contributed by atoms with Crippen LogP contribution in [0.3, 0.4) is 0 Å². The van der Waals surface area contributed by atoms with E-state index in [1.807, 2.05) is 24.0 Å². The minimum atomic E-state index is 0.157. The van der Waals surface area contributed by atoms with Gasteiger partial charge in [0.05, 0.1) is 0 Å². The van der Waals surface area contributed by atoms with E-state index in [4.69, 9.17) is 0 Å². The van der Waals surface area contributed by atoms with Gasteiger partial charge >= 0.3 is 0 Å². The highest BCUT2D eigenvalue weighted by molar-refractivity contribution is 5.94. The summed E-state index contributed by atoms with van der Waals surface area (Å²) in [6, 6.07) is 3.69. The minimum absolute atomic E-state index is 0.157. The van der Waals surface area contributed by atoms with E-state index in [1.54, 1.807) is 6.20 Å². The normalized spacial score (nSPS) is 27.1. The maximum absolute atomic E-state index is 12.4. The zero-order valence-electron chi connectivity index (χ0n) is 10.8. The predicted molar refractivity (Wildman–Crippen MR) is 69.4 cm³/mol. The van der Waals surface area contributed by atoms with Crippen molar-refractivity contribution in [2.75, 3.05) is 26.2 Å². The number of likely N-dealkylation sites (tertiary alicyclic amines) is 1. The van der Waals surface area contributed by atoms with Gasteiger partial charge in [-0.05, 0) is 38.4 Å². The first kappa shape index (κ1) is 11.7. The topological polar surface area (TPSA) is 45.2 Å². The number of hydrogen-bond acceptors (Lipinski definition) is 3. The lowest BCUT2D eigenvalue weighted by atomic mass is 9.86. The molecule has 1 aromatic heterocycles. The van der Waals surface area contributed by atoms with Crippen LogP contribution < -0.4 is 5.32 Å². The molecule has 1 aromatic rings. The molecule has 2 saturated heterocycles. The third-order valence-electron chi connectivity index (χ3n) is 4.20. The zero-order chi connectivity index (χ0) is 12.6. The summed E-state index contributed by atoms with van der Waals surface area (Å²) in [6.07, 6.45) is 4.05. The van der Waals surface area contributed by atoms with Crippen LogP contribution >= 0.6 is 0 Å². The first-order chi connectivity index (χ1) is 8.69. The average Bonchev–Trinajstić information content (AvgIpc) is 3.00. The highest BCUT2D eigenvalue weighted by Crippen LogP contribution is 2.36. The average molecular weight is 245 g/mol. The fourth-order valence-electron chi connectivity index (χ4n) is 3.11. The summed E-state index contributed by atoms with van der Waals surface area (Å²) >= 11 is 0. The molecule has 0 radical (unpaired) electrons. The molecule has 4 nitrogen and oxygen atoms in total. The second kappa shape index (κ2) is 4.35. The van der Waals surface area contributed by atoms with Crippen molar-refractivity contribution in [2.24, 2.45) is 5.41 Å². The number of nitrogens with zero attached hydrogens (tertiary/aromatic N) is 2. The van der Waals surface area contributed by atoms with Crippen LogP contribution in [-0.2, 0) is 0 Å². The van der Waals surface area contributed by atoms with Gasteiger partial charge in [-0.1, -0.05) is 0 Å². The van der Waals surface area contributed by atoms with Crippen molar-refractivity contribution < 1.29 is 4.79 Å². The van der Waals surface area contributed by atoms with Crippen LogP contribution in [0.2, 0.25) is 0 Å². The Hall–Kier alpha value is -1.42. The number of aryl methyl sites for hydroxylation is 1. The fraction of sp³-hybridized carbons (Fsp3) is 0.571. The molecule has 0 aromatic carbocycles. The third-order valence-corrected chi connectivity index (χ3v) is 4.20. The maximum atomic E-state index is 12.4. The van der Waals surface area contributed by atoms with Gasteiger partial charge in [0.2, 0.25) is 0 Å². The minimum Gasteiger partial charge on any atom is -0.338 e. The molecule has 2 fully saturated rings. The quantitative estimate of drug-likeness (QED) is 0.809. The Labute approximate surface area is 107 Å². The first-order valence-corrected chi connectivity index (χ1v) is 6.61. The highest BCUT2D eigenvalue weighted by atomic mass is 16.2. The van der Waals surface area contributed by atoms with E-state index in [-0.39, 0.29) is 5.91 Å². The van der Waals surface area contributed by atoms with E-state index >= 15 is 0 Å². The van der Waals surface area contributed by atoms with Crippen molar-refractivity contribution in [3.8, 4) is 0 Å². The maximum Gasteiger partial charge on any atom is 0.253 e. The number of rotatable bonds is 1. The Morgan fingerprint density at radius 3 is 3.11 bits per heavy atom. The van der Waals surface area contributed by atoms with Gasteiger partial charge in [0.1, 0.15) is 0 Å². The summed E-state index contributed by atoms with van der Waals surface area (Å²) in [4.78, 5) is 18.6. The molecule has 1 amide bonds. The third kappa shape index (κ3) is 2.01. The Morgan fingerprint density at radius 2 is 2.39 bits per heavy atom. The molecular weight excluding hydrogens is 226 g/mol. The van der Waals surface area contributed by atoms with Crippen LogP contribution in [0.1, 0.15) is 28.9 Å². The van der Waals surface area contributed by atoms with Crippen LogP contribution in [0.15, 0.2) is 18.3 Å². The van der Waals surface area contributed by atoms with Gasteiger partial charge in [-0.3, -0.25) is 9.78 Å². The smallest absolute Gasteiger partial charge is 0.253 e. The highest BCUT2D eigenvalue weighted by Gasteiger charge is 2.41. The van der Waals surface area contributed by atoms with Crippen molar-refractivity contribution in [3.63, 3.8) is 0 Å². The molecule has 1 spiro atoms. The summed E-state index contributed by atoms with van der Waals surface area (Å²) < 4.78 is 0. The largest absolute Gasteiger partial charge is 0.338 e. The molecule has 3 rings (SSSR count). The molecule has 0 saturated carbocycles. The van der Waals surface area contributed by atoms with Crippen LogP contribution in [0.4, 0.5) is 0 Å². The second-order valence-corrected chi connectivity index (χ2v) is 5.59. The van der Waals surface area contributed by atoms with Crippen molar-refractivity contribution in [3.05, 3.63) is 29.6 Å². The van der Waals surface area contributed by atoms with E-state index < -0.39 is 0 Å². The molecule has 1 atom stereocenters. The van der Waals surface area contributed by atoms with Crippen molar-refractivity contribution in [1.82, 2.24) is 15.2 Å². The summed E-state index contributed by atoms with van der Waals surface area (Å²) in [5.41, 5.74) is 2.01. The molecule has 0 bridgehead atoms. The number of hydrogen-bond donors (Lipinski definition) is 1. The molecule has 0 aliphatic carbocycles. The van der Waals surface area contributed by atoms with Gasteiger partial charge in [0.15, 0.2) is 0 Å². The lowest BCUT2D eigenvalue weighted by molar-refractivity contribution is 0.0775. The Balaban J connectivity index is 1.74. The first-order valence-electron chi connectivity index (χ1n) is 6.61. The molecule has 96 valence electrons. The Morgan fingerprint density at radius 1 is 1.50 bits per heavy atom. The van der Waals surface area contributed by atoms with E-state index in [2.05, 4.69) is 10.3 Å². The van der Waals surface area contributed by atoms with Gasteiger partial charge in [-0.2, -0.15) is 0 Å². The molecule has 2 aliphatic rings. The fourth-order valence-corrected chi connectivity index (χ4v) is 3.11. The molecule has 4 heteroatoms. The lowest BCUT2D eigenvalue weighted by Crippen LogP contribution is -2.33. The molecule has 1 unspecified atom stereocenters. The Bertz CT molecular complexity index is 466. The van der Waals surface area contributed by atoms with Gasteiger partial charge in [-0.25, -0.2) is 0 Å². The van der Waals surface area contributed by atoms with Gasteiger partial charge in [0, 0.05) is 42.5 Å². The van der Waals surface area contributed by atoms with E-state index in [0.29, 0.717) is 5.41 Å². The molecule has 2 aliphatic heterocycles. The van der Waals surface area contributed by atoms with Gasteiger partial charge in [-0.15, -0.1) is 0 Å². The van der Waals surface area contributed by atoms with Crippen LogP contribution in [0.25, 0.3) is 0 Å². The van der Waals surface area contributed by atoms with E-state index in [9.17, 15) is 4.79 Å². The van der Waals surface area contributed by atoms with Crippen molar-refractivity contribution in [1.29, 1.82) is 0 Å². The van der Waals surface area contributed by atoms with Gasteiger partial charge in [0.25, 0.3) is 5.91 Å². The van der Waals surface area contributed by atoms with Gasteiger partial charge < -0.3 is 10.2 Å². The number of aromatic nitrogens is 1. The predicted octanol–water partition coefficient (Wildman–Crippen LogP) is 1.22. The lowest BCUT2D eigenvalue weighted by Gasteiger charge is -2.22. The number of carbonyl (C=O) groups is 1. The molecular formula is C14H19N3O. The number of pyridine rings is 1. The van der Waals surface area contributed by atoms with Crippen molar-refractivity contribution >= 4 is 5.91 Å². The monoisotopic (exact) mass is 245 g/mol. The summed E-state index contributed by atoms with van der Waals surface area (Å²) in [5, 5.41) is 3.42. The molecule has 18 heavy (non-hydrogen) atoms. The zero-order valence-corrected chi connectivity index (χ0v) is 10.8. The SMILES string of the molecule is Cc1cc(C(=O)N2CCC3(CCNC3)C2)ccn1. The summed E-state index contributed by atoms with van der Waals surface area (Å²) in [6.45, 7) is 5.87. The molecule has 1 N–H and O–H groups in total. The second-order valence-electron chi connectivity index (χ2n) is 5.59. The Kier molecular flexibility index (Phi) is 2.82. The van der Waals surface area contributed by atoms with Crippen LogP contribution in [0, 0.1) is 12.3 Å². The van der Waals surface area contributed by atoms with Crippen molar-refractivity contribution in [2.45, 2.75) is 19.8 Å².